The first kappa shape index (κ1) is 10.8. The van der Waals surface area contributed by atoms with Crippen LogP contribution in [0.25, 0.3) is 11.1 Å². The Morgan fingerprint density at radius 2 is 1.56 bits per heavy atom. The molecule has 0 bridgehead atoms. The molecule has 0 aliphatic rings. The number of nitrogens with zero attached hydrogens (tertiary/aromatic N) is 1. The number of rotatable bonds is 3. The number of aromatic nitrogens is 1. The van der Waals surface area contributed by atoms with Crippen molar-refractivity contribution in [3.8, 4) is 16.9 Å². The van der Waals surface area contributed by atoms with Crippen molar-refractivity contribution in [2.45, 2.75) is 0 Å². The van der Waals surface area contributed by atoms with Crippen LogP contribution in [0, 0.1) is 0 Å². The molecule has 2 aromatic rings. The van der Waals surface area contributed by atoms with E-state index in [1.165, 1.54) is 0 Å². The maximum atomic E-state index is 10.4. The van der Waals surface area contributed by atoms with E-state index in [-0.39, 0.29) is 0 Å². The molecule has 1 atom stereocenters. The first-order chi connectivity index (χ1) is 7.75. The molecule has 0 aliphatic heterocycles. The minimum Gasteiger partial charge on any atom is -0.380 e. The van der Waals surface area contributed by atoms with Gasteiger partial charge in [-0.25, -0.2) is 0 Å². The zero-order valence-electron chi connectivity index (χ0n) is 8.24. The lowest BCUT2D eigenvalue weighted by atomic mass is 10.1. The van der Waals surface area contributed by atoms with Gasteiger partial charge in [-0.05, 0) is 35.4 Å². The van der Waals surface area contributed by atoms with E-state index in [0.29, 0.717) is 5.75 Å². The van der Waals surface area contributed by atoms with E-state index in [9.17, 15) is 4.21 Å². The van der Waals surface area contributed by atoms with E-state index in [4.69, 9.17) is 4.55 Å². The van der Waals surface area contributed by atoms with Gasteiger partial charge in [0, 0.05) is 12.4 Å². The van der Waals surface area contributed by atoms with Crippen LogP contribution in [0.5, 0.6) is 5.75 Å². The summed E-state index contributed by atoms with van der Waals surface area (Å²) in [7, 11) is 0. The van der Waals surface area contributed by atoms with Gasteiger partial charge in [0.25, 0.3) is 0 Å². The minimum absolute atomic E-state index is 0.360. The number of hydrogen-bond donors (Lipinski definition) is 1. The maximum absolute atomic E-state index is 10.4. The minimum atomic E-state index is -2.28. The smallest absolute Gasteiger partial charge is 0.357 e. The third-order valence-electron chi connectivity index (χ3n) is 2.04. The molecule has 0 saturated carbocycles. The number of pyridine rings is 1. The van der Waals surface area contributed by atoms with Gasteiger partial charge in [-0.2, -0.15) is 4.21 Å². The molecular weight excluding hydrogens is 226 g/mol. The Labute approximate surface area is 95.4 Å². The average Bonchev–Trinajstić information content (AvgIpc) is 2.30. The molecule has 1 aromatic heterocycles. The second-order valence-electron chi connectivity index (χ2n) is 3.06. The lowest BCUT2D eigenvalue weighted by Gasteiger charge is -2.03. The van der Waals surface area contributed by atoms with Crippen LogP contribution in [0.2, 0.25) is 0 Å². The molecule has 1 unspecified atom stereocenters. The van der Waals surface area contributed by atoms with Crippen molar-refractivity contribution < 1.29 is 12.9 Å². The summed E-state index contributed by atoms with van der Waals surface area (Å²) in [5.74, 6) is 0.360. The van der Waals surface area contributed by atoms with E-state index >= 15 is 0 Å². The van der Waals surface area contributed by atoms with Gasteiger partial charge in [0.15, 0.2) is 0 Å². The summed E-state index contributed by atoms with van der Waals surface area (Å²) in [6.07, 6.45) is 3.42. The molecule has 0 saturated heterocycles. The maximum Gasteiger partial charge on any atom is 0.357 e. The number of benzene rings is 1. The Morgan fingerprint density at radius 1 is 1.00 bits per heavy atom. The normalized spacial score (nSPS) is 12.1. The van der Waals surface area contributed by atoms with Crippen molar-refractivity contribution in [3.05, 3.63) is 48.8 Å². The van der Waals surface area contributed by atoms with Crippen molar-refractivity contribution in [3.63, 3.8) is 0 Å². The number of hydrogen-bond acceptors (Lipinski definition) is 3. The van der Waals surface area contributed by atoms with Crippen LogP contribution in [-0.4, -0.2) is 13.7 Å². The van der Waals surface area contributed by atoms with Gasteiger partial charge in [-0.1, -0.05) is 12.1 Å². The first-order valence-corrected chi connectivity index (χ1v) is 5.58. The van der Waals surface area contributed by atoms with E-state index in [1.807, 2.05) is 24.3 Å². The second-order valence-corrected chi connectivity index (χ2v) is 3.66. The van der Waals surface area contributed by atoms with Crippen LogP contribution in [-0.2, 0) is 11.4 Å². The molecule has 16 heavy (non-hydrogen) atoms. The van der Waals surface area contributed by atoms with E-state index in [0.717, 1.165) is 11.1 Å². The van der Waals surface area contributed by atoms with Crippen LogP contribution in [0.3, 0.4) is 0 Å². The molecular formula is C11H9NO3S. The van der Waals surface area contributed by atoms with Gasteiger partial charge in [0.05, 0.1) is 0 Å². The first-order valence-electron chi connectivity index (χ1n) is 4.55. The molecule has 0 fully saturated rings. The monoisotopic (exact) mass is 235 g/mol. The van der Waals surface area contributed by atoms with Crippen LogP contribution in [0.4, 0.5) is 0 Å². The molecule has 1 heterocycles. The zero-order valence-corrected chi connectivity index (χ0v) is 9.05. The molecule has 0 radical (unpaired) electrons. The Balaban J connectivity index is 2.23. The van der Waals surface area contributed by atoms with Crippen molar-refractivity contribution in [1.82, 2.24) is 4.98 Å². The second kappa shape index (κ2) is 4.87. The summed E-state index contributed by atoms with van der Waals surface area (Å²) in [5.41, 5.74) is 2.03. The topological polar surface area (TPSA) is 59.4 Å². The molecule has 0 aliphatic carbocycles. The van der Waals surface area contributed by atoms with Gasteiger partial charge in [0.1, 0.15) is 5.75 Å². The third kappa shape index (κ3) is 2.65. The van der Waals surface area contributed by atoms with Gasteiger partial charge < -0.3 is 4.18 Å². The van der Waals surface area contributed by atoms with E-state index < -0.39 is 11.4 Å². The summed E-state index contributed by atoms with van der Waals surface area (Å²) in [5, 5.41) is 0. The molecule has 82 valence electrons. The van der Waals surface area contributed by atoms with Gasteiger partial charge >= 0.3 is 11.4 Å². The lowest BCUT2D eigenvalue weighted by molar-refractivity contribution is 0.458. The fourth-order valence-electron chi connectivity index (χ4n) is 1.33. The predicted molar refractivity (Wildman–Crippen MR) is 61.1 cm³/mol. The molecule has 0 spiro atoms. The zero-order chi connectivity index (χ0) is 11.4. The Morgan fingerprint density at radius 3 is 2.12 bits per heavy atom. The summed E-state index contributed by atoms with van der Waals surface area (Å²) in [4.78, 5) is 3.93. The van der Waals surface area contributed by atoms with E-state index in [1.54, 1.807) is 24.5 Å². The summed E-state index contributed by atoms with van der Waals surface area (Å²) in [6.45, 7) is 0. The van der Waals surface area contributed by atoms with Crippen molar-refractivity contribution in [2.24, 2.45) is 0 Å². The molecule has 5 heteroatoms. The van der Waals surface area contributed by atoms with Crippen molar-refractivity contribution in [2.75, 3.05) is 0 Å². The summed E-state index contributed by atoms with van der Waals surface area (Å²) in [6, 6.07) is 10.7. The predicted octanol–water partition coefficient (Wildman–Crippen LogP) is 2.26. The van der Waals surface area contributed by atoms with Crippen LogP contribution >= 0.6 is 0 Å². The SMILES string of the molecule is O=S(O)Oc1ccc(-c2ccncc2)cc1. The fraction of sp³-hybridized carbons (Fsp3) is 0. The molecule has 2 rings (SSSR count). The molecule has 4 nitrogen and oxygen atoms in total. The fourth-order valence-corrected chi connectivity index (χ4v) is 1.61. The highest BCUT2D eigenvalue weighted by Gasteiger charge is 2.00. The largest absolute Gasteiger partial charge is 0.380 e. The highest BCUT2D eigenvalue weighted by molar-refractivity contribution is 7.74. The highest BCUT2D eigenvalue weighted by Crippen LogP contribution is 2.21. The van der Waals surface area contributed by atoms with Crippen molar-refractivity contribution in [1.29, 1.82) is 0 Å². The van der Waals surface area contributed by atoms with Crippen molar-refractivity contribution >= 4 is 11.4 Å². The van der Waals surface area contributed by atoms with E-state index in [2.05, 4.69) is 9.17 Å². The molecule has 1 N–H and O–H groups in total. The standard InChI is InChI=1S/C11H9NO3S/c13-16(14)15-11-3-1-9(2-4-11)10-5-7-12-8-6-10/h1-8H,(H,13,14). The lowest BCUT2D eigenvalue weighted by Crippen LogP contribution is -1.96. The summed E-state index contributed by atoms with van der Waals surface area (Å²) < 4.78 is 23.6. The molecule has 1 aromatic carbocycles. The quantitative estimate of drug-likeness (QED) is 0.829. The summed E-state index contributed by atoms with van der Waals surface area (Å²) >= 11 is -2.28. The van der Waals surface area contributed by atoms with Crippen LogP contribution in [0.1, 0.15) is 0 Å². The average molecular weight is 235 g/mol. The Hall–Kier alpha value is -1.72. The van der Waals surface area contributed by atoms with Crippen LogP contribution in [0.15, 0.2) is 48.8 Å². The van der Waals surface area contributed by atoms with Gasteiger partial charge in [-0.15, -0.1) is 0 Å². The Kier molecular flexibility index (Phi) is 3.28. The Bertz CT molecular complexity index is 484. The highest BCUT2D eigenvalue weighted by atomic mass is 32.2. The molecule has 0 amide bonds. The van der Waals surface area contributed by atoms with Crippen LogP contribution < -0.4 is 4.18 Å². The van der Waals surface area contributed by atoms with Gasteiger partial charge in [0.2, 0.25) is 0 Å². The van der Waals surface area contributed by atoms with Gasteiger partial charge in [-0.3, -0.25) is 9.54 Å². The third-order valence-corrected chi connectivity index (χ3v) is 2.37.